The molecule has 164 valence electrons. The number of hydrogen-bond donors (Lipinski definition) is 2. The van der Waals surface area contributed by atoms with Gasteiger partial charge in [0.1, 0.15) is 11.8 Å². The van der Waals surface area contributed by atoms with Crippen LogP contribution >= 0.6 is 0 Å². The molecule has 0 fully saturated rings. The van der Waals surface area contributed by atoms with E-state index >= 15 is 0 Å². The number of carbonyl (C=O) groups is 1. The Labute approximate surface area is 177 Å². The van der Waals surface area contributed by atoms with E-state index in [2.05, 4.69) is 10.5 Å². The average molecular weight is 436 g/mol. The Morgan fingerprint density at radius 2 is 1.83 bits per heavy atom. The van der Waals surface area contributed by atoms with Crippen LogP contribution in [0.15, 0.2) is 53.7 Å². The maximum absolute atomic E-state index is 13.5. The highest BCUT2D eigenvalue weighted by atomic mass is 32.2. The molecule has 0 saturated heterocycles. The van der Waals surface area contributed by atoms with Crippen LogP contribution in [0.5, 0.6) is 5.75 Å². The van der Waals surface area contributed by atoms with E-state index in [4.69, 9.17) is 4.84 Å². The first-order valence-corrected chi connectivity index (χ1v) is 11.0. The molecular weight excluding hydrogens is 406 g/mol. The third-order valence-electron chi connectivity index (χ3n) is 4.17. The molecule has 1 amide bonds. The quantitative estimate of drug-likeness (QED) is 0.617. The minimum absolute atomic E-state index is 0.0284. The number of sulfonamides is 1. The first-order chi connectivity index (χ1) is 13.9. The molecule has 0 bridgehead atoms. The summed E-state index contributed by atoms with van der Waals surface area (Å²) in [7, 11) is -4.08. The second-order valence-electron chi connectivity index (χ2n) is 8.28. The van der Waals surface area contributed by atoms with Crippen molar-refractivity contribution < 1.29 is 23.2 Å². The van der Waals surface area contributed by atoms with Crippen molar-refractivity contribution in [2.75, 3.05) is 0 Å². The van der Waals surface area contributed by atoms with Gasteiger partial charge in [-0.15, -0.1) is 0 Å². The van der Waals surface area contributed by atoms with Crippen LogP contribution in [0, 0.1) is 5.92 Å². The molecule has 0 aliphatic heterocycles. The molecule has 1 aromatic carbocycles. The normalized spacial score (nSPS) is 13.4. The molecule has 1 heterocycles. The molecule has 1 atom stereocenters. The SMILES string of the molecule is CC(C)[C@H](C(=O)NOC(C)(C)C)N(Cc1cccnc1)S(=O)(=O)c1ccc(O)cc1. The van der Waals surface area contributed by atoms with Crippen molar-refractivity contribution in [2.24, 2.45) is 5.92 Å². The van der Waals surface area contributed by atoms with Crippen molar-refractivity contribution in [3.63, 3.8) is 0 Å². The van der Waals surface area contributed by atoms with Gasteiger partial charge < -0.3 is 5.11 Å². The Morgan fingerprint density at radius 3 is 2.33 bits per heavy atom. The predicted molar refractivity (Wildman–Crippen MR) is 113 cm³/mol. The van der Waals surface area contributed by atoms with E-state index in [9.17, 15) is 18.3 Å². The number of nitrogens with one attached hydrogen (secondary N) is 1. The molecule has 8 nitrogen and oxygen atoms in total. The van der Waals surface area contributed by atoms with Gasteiger partial charge in [-0.2, -0.15) is 4.31 Å². The van der Waals surface area contributed by atoms with E-state index in [0.29, 0.717) is 5.56 Å². The van der Waals surface area contributed by atoms with Crippen molar-refractivity contribution in [1.29, 1.82) is 0 Å². The lowest BCUT2D eigenvalue weighted by molar-refractivity contribution is -0.151. The standard InChI is InChI=1S/C21H29N3O5S/c1-15(2)19(20(26)23-29-21(3,4)5)24(14-16-7-6-12-22-13-16)30(27,28)18-10-8-17(25)9-11-18/h6-13,15,19,25H,14H2,1-5H3,(H,23,26)/t19-/m1/s1. The highest BCUT2D eigenvalue weighted by molar-refractivity contribution is 7.89. The number of aromatic hydroxyl groups is 1. The minimum atomic E-state index is -4.08. The zero-order chi connectivity index (χ0) is 22.5. The largest absolute Gasteiger partial charge is 0.508 e. The van der Waals surface area contributed by atoms with E-state index in [0.717, 1.165) is 4.31 Å². The predicted octanol–water partition coefficient (Wildman–Crippen LogP) is 2.85. The topological polar surface area (TPSA) is 109 Å². The van der Waals surface area contributed by atoms with Gasteiger partial charge in [0.25, 0.3) is 5.91 Å². The second-order valence-corrected chi connectivity index (χ2v) is 10.2. The molecule has 2 rings (SSSR count). The highest BCUT2D eigenvalue weighted by Crippen LogP contribution is 2.26. The molecule has 30 heavy (non-hydrogen) atoms. The molecule has 2 aromatic rings. The van der Waals surface area contributed by atoms with Gasteiger partial charge in [-0.3, -0.25) is 14.6 Å². The fourth-order valence-electron chi connectivity index (χ4n) is 2.79. The number of benzene rings is 1. The molecule has 0 unspecified atom stereocenters. The molecule has 0 spiro atoms. The maximum atomic E-state index is 13.5. The molecule has 1 aromatic heterocycles. The van der Waals surface area contributed by atoms with Crippen molar-refractivity contribution in [3.8, 4) is 5.75 Å². The smallest absolute Gasteiger partial charge is 0.262 e. The van der Waals surface area contributed by atoms with Crippen LogP contribution < -0.4 is 5.48 Å². The van der Waals surface area contributed by atoms with Gasteiger partial charge in [0.05, 0.1) is 10.5 Å². The van der Waals surface area contributed by atoms with Gasteiger partial charge in [-0.1, -0.05) is 19.9 Å². The van der Waals surface area contributed by atoms with Gasteiger partial charge in [0.15, 0.2) is 0 Å². The van der Waals surface area contributed by atoms with E-state index in [1.54, 1.807) is 59.1 Å². The highest BCUT2D eigenvalue weighted by Gasteiger charge is 2.38. The first-order valence-electron chi connectivity index (χ1n) is 9.59. The van der Waals surface area contributed by atoms with E-state index in [1.165, 1.54) is 24.3 Å². The zero-order valence-corrected chi connectivity index (χ0v) is 18.7. The van der Waals surface area contributed by atoms with Crippen molar-refractivity contribution in [2.45, 2.75) is 57.7 Å². The van der Waals surface area contributed by atoms with Crippen LogP contribution in [-0.4, -0.2) is 40.4 Å². The van der Waals surface area contributed by atoms with Gasteiger partial charge in [0, 0.05) is 18.9 Å². The lowest BCUT2D eigenvalue weighted by atomic mass is 10.0. The number of hydroxylamine groups is 1. The van der Waals surface area contributed by atoms with E-state index in [-0.39, 0.29) is 23.1 Å². The molecule has 2 N–H and O–H groups in total. The summed E-state index contributed by atoms with van der Waals surface area (Å²) in [6, 6.07) is 7.61. The Balaban J connectivity index is 2.49. The molecular formula is C21H29N3O5S. The summed E-state index contributed by atoms with van der Waals surface area (Å²) in [5.41, 5.74) is 2.40. The Kier molecular flexibility index (Phi) is 7.57. The maximum Gasteiger partial charge on any atom is 0.262 e. The van der Waals surface area contributed by atoms with Gasteiger partial charge >= 0.3 is 0 Å². The minimum Gasteiger partial charge on any atom is -0.508 e. The van der Waals surface area contributed by atoms with Gasteiger partial charge in [-0.05, 0) is 62.6 Å². The zero-order valence-electron chi connectivity index (χ0n) is 17.9. The summed E-state index contributed by atoms with van der Waals surface area (Å²) in [6.45, 7) is 8.81. The summed E-state index contributed by atoms with van der Waals surface area (Å²) < 4.78 is 28.1. The number of amides is 1. The molecule has 9 heteroatoms. The first kappa shape index (κ1) is 23.8. The van der Waals surface area contributed by atoms with E-state index in [1.807, 2.05) is 0 Å². The Bertz CT molecular complexity index is 939. The summed E-state index contributed by atoms with van der Waals surface area (Å²) in [4.78, 5) is 22.4. The summed E-state index contributed by atoms with van der Waals surface area (Å²) in [5, 5.41) is 9.53. The molecule has 0 radical (unpaired) electrons. The van der Waals surface area contributed by atoms with Crippen LogP contribution in [0.4, 0.5) is 0 Å². The lowest BCUT2D eigenvalue weighted by Gasteiger charge is -2.33. The summed E-state index contributed by atoms with van der Waals surface area (Å²) in [5.74, 6) is -0.965. The average Bonchev–Trinajstić information content (AvgIpc) is 2.66. The monoisotopic (exact) mass is 435 g/mol. The molecule has 0 aliphatic rings. The molecule has 0 aliphatic carbocycles. The van der Waals surface area contributed by atoms with Crippen molar-refractivity contribution in [1.82, 2.24) is 14.8 Å². The third kappa shape index (κ3) is 6.25. The lowest BCUT2D eigenvalue weighted by Crippen LogP contribution is -2.52. The van der Waals surface area contributed by atoms with Crippen LogP contribution in [0.2, 0.25) is 0 Å². The molecule has 0 saturated carbocycles. The Morgan fingerprint density at radius 1 is 1.20 bits per heavy atom. The third-order valence-corrected chi connectivity index (χ3v) is 6.01. The van der Waals surface area contributed by atoms with Gasteiger partial charge in [0.2, 0.25) is 10.0 Å². The van der Waals surface area contributed by atoms with Gasteiger partial charge in [-0.25, -0.2) is 13.9 Å². The van der Waals surface area contributed by atoms with Crippen LogP contribution in [0.3, 0.4) is 0 Å². The Hall–Kier alpha value is -2.49. The van der Waals surface area contributed by atoms with E-state index < -0.39 is 27.6 Å². The number of pyridine rings is 1. The number of nitrogens with zero attached hydrogens (tertiary/aromatic N) is 2. The van der Waals surface area contributed by atoms with Crippen LogP contribution in [0.1, 0.15) is 40.2 Å². The van der Waals surface area contributed by atoms with Crippen molar-refractivity contribution in [3.05, 3.63) is 54.4 Å². The fourth-order valence-corrected chi connectivity index (χ4v) is 4.50. The van der Waals surface area contributed by atoms with Crippen molar-refractivity contribution >= 4 is 15.9 Å². The van der Waals surface area contributed by atoms with Crippen LogP contribution in [0.25, 0.3) is 0 Å². The number of hydrogen-bond acceptors (Lipinski definition) is 6. The van der Waals surface area contributed by atoms with Crippen LogP contribution in [-0.2, 0) is 26.2 Å². The number of phenols is 1. The summed E-state index contributed by atoms with van der Waals surface area (Å²) >= 11 is 0. The fraction of sp³-hybridized carbons (Fsp3) is 0.429. The number of phenolic OH excluding ortho intramolecular Hbond substituents is 1. The number of rotatable bonds is 8. The number of aromatic nitrogens is 1. The number of carbonyl (C=O) groups excluding carboxylic acids is 1. The second kappa shape index (κ2) is 9.55. The summed E-state index contributed by atoms with van der Waals surface area (Å²) in [6.07, 6.45) is 3.15.